The number of hydrogen-bond donors (Lipinski definition) is 1. The Bertz CT molecular complexity index is 488. The average molecular weight is 229 g/mol. The van der Waals surface area contributed by atoms with Crippen LogP contribution in [0, 0.1) is 0 Å². The zero-order valence-corrected chi connectivity index (χ0v) is 10.4. The Labute approximate surface area is 102 Å². The number of aryl methyl sites for hydroxylation is 2. The van der Waals surface area contributed by atoms with Crippen LogP contribution in [0.3, 0.4) is 0 Å². The van der Waals surface area contributed by atoms with Crippen LogP contribution < -0.4 is 5.73 Å². The van der Waals surface area contributed by atoms with Gasteiger partial charge in [0, 0.05) is 25.7 Å². The van der Waals surface area contributed by atoms with Gasteiger partial charge in [0.2, 0.25) is 0 Å². The van der Waals surface area contributed by atoms with Crippen LogP contribution in [0.4, 0.5) is 0 Å². The van der Waals surface area contributed by atoms with Gasteiger partial charge in [-0.05, 0) is 23.6 Å². The lowest BCUT2D eigenvalue weighted by atomic mass is 9.96. The Hall–Kier alpha value is -1.61. The van der Waals surface area contributed by atoms with E-state index in [2.05, 4.69) is 30.2 Å². The number of rotatable bonds is 4. The third-order valence-electron chi connectivity index (χ3n) is 3.03. The van der Waals surface area contributed by atoms with Gasteiger partial charge in [0.05, 0.1) is 5.69 Å². The summed E-state index contributed by atoms with van der Waals surface area (Å²) in [6.07, 6.45) is 3.76. The summed E-state index contributed by atoms with van der Waals surface area (Å²) < 4.78 is 1.81. The van der Waals surface area contributed by atoms with Crippen molar-refractivity contribution in [3.8, 4) is 0 Å². The largest absolute Gasteiger partial charge is 0.324 e. The molecule has 1 heterocycles. The zero-order chi connectivity index (χ0) is 12.3. The number of benzene rings is 1. The summed E-state index contributed by atoms with van der Waals surface area (Å²) in [7, 11) is 1.93. The van der Waals surface area contributed by atoms with Crippen molar-refractivity contribution in [2.75, 3.05) is 0 Å². The van der Waals surface area contributed by atoms with Gasteiger partial charge in [-0.15, -0.1) is 0 Å². The van der Waals surface area contributed by atoms with E-state index >= 15 is 0 Å². The minimum Gasteiger partial charge on any atom is -0.324 e. The van der Waals surface area contributed by atoms with Crippen LogP contribution in [-0.4, -0.2) is 9.78 Å². The molecule has 0 fully saturated rings. The first-order chi connectivity index (χ1) is 8.20. The van der Waals surface area contributed by atoms with Crippen molar-refractivity contribution in [2.24, 2.45) is 12.8 Å². The van der Waals surface area contributed by atoms with Gasteiger partial charge in [0.1, 0.15) is 0 Å². The van der Waals surface area contributed by atoms with Crippen LogP contribution in [0.2, 0.25) is 0 Å². The van der Waals surface area contributed by atoms with E-state index in [1.165, 1.54) is 11.1 Å². The number of aromatic nitrogens is 2. The molecule has 0 aliphatic rings. The van der Waals surface area contributed by atoms with Gasteiger partial charge >= 0.3 is 0 Å². The van der Waals surface area contributed by atoms with Crippen molar-refractivity contribution >= 4 is 0 Å². The Morgan fingerprint density at radius 2 is 2.06 bits per heavy atom. The summed E-state index contributed by atoms with van der Waals surface area (Å²) in [6.45, 7) is 2.16. The lowest BCUT2D eigenvalue weighted by Gasteiger charge is -2.14. The van der Waals surface area contributed by atoms with Gasteiger partial charge in [-0.25, -0.2) is 0 Å². The van der Waals surface area contributed by atoms with Crippen LogP contribution in [-0.2, 0) is 19.9 Å². The predicted molar refractivity (Wildman–Crippen MR) is 69.7 cm³/mol. The third-order valence-corrected chi connectivity index (χ3v) is 3.03. The van der Waals surface area contributed by atoms with Crippen LogP contribution in [0.5, 0.6) is 0 Å². The van der Waals surface area contributed by atoms with Gasteiger partial charge in [-0.3, -0.25) is 4.68 Å². The molecular weight excluding hydrogens is 210 g/mol. The smallest absolute Gasteiger partial charge is 0.0643 e. The topological polar surface area (TPSA) is 43.8 Å². The fourth-order valence-electron chi connectivity index (χ4n) is 2.13. The van der Waals surface area contributed by atoms with Gasteiger partial charge < -0.3 is 5.73 Å². The Morgan fingerprint density at radius 3 is 2.71 bits per heavy atom. The molecule has 2 rings (SSSR count). The molecule has 0 saturated carbocycles. The fraction of sp³-hybridized carbons (Fsp3) is 0.357. The molecule has 90 valence electrons. The molecule has 0 aliphatic carbocycles. The van der Waals surface area contributed by atoms with Crippen LogP contribution in [0.15, 0.2) is 36.5 Å². The second-order valence-electron chi connectivity index (χ2n) is 4.34. The van der Waals surface area contributed by atoms with Crippen molar-refractivity contribution in [2.45, 2.75) is 25.8 Å². The zero-order valence-electron chi connectivity index (χ0n) is 10.4. The van der Waals surface area contributed by atoms with Crippen LogP contribution in [0.1, 0.15) is 29.8 Å². The van der Waals surface area contributed by atoms with Crippen molar-refractivity contribution in [3.63, 3.8) is 0 Å². The second kappa shape index (κ2) is 5.15. The molecule has 3 heteroatoms. The van der Waals surface area contributed by atoms with Gasteiger partial charge in [-0.1, -0.05) is 31.2 Å². The highest BCUT2D eigenvalue weighted by molar-refractivity contribution is 5.30. The maximum absolute atomic E-state index is 6.26. The first-order valence-corrected chi connectivity index (χ1v) is 6.02. The molecule has 0 radical (unpaired) electrons. The molecule has 1 atom stereocenters. The van der Waals surface area contributed by atoms with E-state index in [1.807, 2.05) is 30.1 Å². The molecular formula is C14H19N3. The van der Waals surface area contributed by atoms with Gasteiger partial charge in [0.25, 0.3) is 0 Å². The highest BCUT2D eigenvalue weighted by Gasteiger charge is 2.11. The van der Waals surface area contributed by atoms with Crippen molar-refractivity contribution in [1.82, 2.24) is 9.78 Å². The summed E-state index contributed by atoms with van der Waals surface area (Å²) in [6, 6.07) is 10.4. The molecule has 0 spiro atoms. The quantitative estimate of drug-likeness (QED) is 0.873. The maximum atomic E-state index is 6.26. The van der Waals surface area contributed by atoms with E-state index in [0.29, 0.717) is 0 Å². The predicted octanol–water partition coefficient (Wildman–Crippen LogP) is 2.23. The van der Waals surface area contributed by atoms with E-state index in [4.69, 9.17) is 5.73 Å². The molecule has 1 aromatic carbocycles. The van der Waals surface area contributed by atoms with Crippen molar-refractivity contribution < 1.29 is 0 Å². The SMILES string of the molecule is CCc1ccccc1C(N)Cc1ccn(C)n1. The lowest BCUT2D eigenvalue weighted by Crippen LogP contribution is -2.15. The lowest BCUT2D eigenvalue weighted by molar-refractivity contribution is 0.670. The standard InChI is InChI=1S/C14H19N3/c1-3-11-6-4-5-7-13(11)14(15)10-12-8-9-17(2)16-12/h4-9,14H,3,10,15H2,1-2H3. The first kappa shape index (κ1) is 11.9. The molecule has 3 nitrogen and oxygen atoms in total. The van der Waals surface area contributed by atoms with Crippen molar-refractivity contribution in [1.29, 1.82) is 0 Å². The second-order valence-corrected chi connectivity index (χ2v) is 4.34. The van der Waals surface area contributed by atoms with Crippen LogP contribution in [0.25, 0.3) is 0 Å². The van der Waals surface area contributed by atoms with E-state index in [1.54, 1.807) is 0 Å². The summed E-state index contributed by atoms with van der Waals surface area (Å²) in [4.78, 5) is 0. The molecule has 1 aromatic heterocycles. The molecule has 0 amide bonds. The maximum Gasteiger partial charge on any atom is 0.0643 e. The van der Waals surface area contributed by atoms with Crippen molar-refractivity contribution in [3.05, 3.63) is 53.3 Å². The van der Waals surface area contributed by atoms with Gasteiger partial charge in [0.15, 0.2) is 0 Å². The number of nitrogens with two attached hydrogens (primary N) is 1. The molecule has 2 N–H and O–H groups in total. The minimum absolute atomic E-state index is 0.0287. The molecule has 17 heavy (non-hydrogen) atoms. The first-order valence-electron chi connectivity index (χ1n) is 6.02. The summed E-state index contributed by atoms with van der Waals surface area (Å²) in [5, 5.41) is 4.37. The van der Waals surface area contributed by atoms with E-state index in [-0.39, 0.29) is 6.04 Å². The highest BCUT2D eigenvalue weighted by atomic mass is 15.2. The monoisotopic (exact) mass is 229 g/mol. The van der Waals surface area contributed by atoms with E-state index < -0.39 is 0 Å². The summed E-state index contributed by atoms with van der Waals surface area (Å²) in [5.74, 6) is 0. The Morgan fingerprint density at radius 1 is 1.29 bits per heavy atom. The summed E-state index contributed by atoms with van der Waals surface area (Å²) >= 11 is 0. The van der Waals surface area contributed by atoms with E-state index in [0.717, 1.165) is 18.5 Å². The normalized spacial score (nSPS) is 12.6. The van der Waals surface area contributed by atoms with E-state index in [9.17, 15) is 0 Å². The molecule has 1 unspecified atom stereocenters. The molecule has 0 saturated heterocycles. The highest BCUT2D eigenvalue weighted by Crippen LogP contribution is 2.19. The van der Waals surface area contributed by atoms with Gasteiger partial charge in [-0.2, -0.15) is 5.10 Å². The molecule has 0 aliphatic heterocycles. The number of hydrogen-bond acceptors (Lipinski definition) is 2. The Balaban J connectivity index is 2.16. The fourth-order valence-corrected chi connectivity index (χ4v) is 2.13. The Kier molecular flexibility index (Phi) is 3.59. The number of nitrogens with zero attached hydrogens (tertiary/aromatic N) is 2. The van der Waals surface area contributed by atoms with Crippen LogP contribution >= 0.6 is 0 Å². The average Bonchev–Trinajstić information content (AvgIpc) is 2.74. The molecule has 2 aromatic rings. The molecule has 0 bridgehead atoms. The minimum atomic E-state index is 0.0287. The summed E-state index contributed by atoms with van der Waals surface area (Å²) in [5.41, 5.74) is 9.88. The third kappa shape index (κ3) is 2.74.